The van der Waals surface area contributed by atoms with Crippen LogP contribution in [0.25, 0.3) is 10.9 Å². The molecule has 1 aromatic heterocycles. The van der Waals surface area contributed by atoms with E-state index < -0.39 is 12.7 Å². The van der Waals surface area contributed by atoms with Crippen LogP contribution in [0.3, 0.4) is 0 Å². The molecule has 1 aromatic carbocycles. The fourth-order valence-corrected chi connectivity index (χ4v) is 1.81. The number of non-ortho nitro benzene ring substituents is 1. The molecule has 0 radical (unpaired) electrons. The first-order chi connectivity index (χ1) is 7.87. The Bertz CT molecular complexity index is 636. The summed E-state index contributed by atoms with van der Waals surface area (Å²) in [5, 5.41) is 10.8. The number of nitrogens with zero attached hydrogens (tertiary/aromatic N) is 1. The number of nitrogens with one attached hydrogen (secondary N) is 1. The van der Waals surface area contributed by atoms with Gasteiger partial charge in [-0.3, -0.25) is 19.9 Å². The summed E-state index contributed by atoms with van der Waals surface area (Å²) < 4.78 is 15.1. The normalized spacial score (nSPS) is 11.0. The van der Waals surface area contributed by atoms with E-state index in [1.54, 1.807) is 0 Å². The number of rotatable bonds is 3. The van der Waals surface area contributed by atoms with Gasteiger partial charge in [-0.2, -0.15) is 0 Å². The number of benzene rings is 1. The van der Waals surface area contributed by atoms with Crippen LogP contribution in [0.1, 0.15) is 0 Å². The van der Waals surface area contributed by atoms with Crippen molar-refractivity contribution in [1.29, 1.82) is 0 Å². The molecule has 0 amide bonds. The molecule has 18 heavy (non-hydrogen) atoms. The minimum atomic E-state index is -4.69. The first-order valence-corrected chi connectivity index (χ1v) is 5.90. The van der Waals surface area contributed by atoms with E-state index in [1.807, 2.05) is 0 Å². The first kappa shape index (κ1) is 15.2. The number of aromatic nitrogens is 1. The van der Waals surface area contributed by atoms with Crippen LogP contribution >= 0.6 is 7.82 Å². The zero-order valence-corrected chi connectivity index (χ0v) is 12.1. The van der Waals surface area contributed by atoms with Crippen LogP contribution in [0, 0.1) is 10.1 Å². The standard InChI is InChI=1S/C8H7N2O6P.Na/c11-10(12)5-1-2-7-6(3-5)8(4-9-7)16-17(13,14)15;/h1-4,9H,(H2,13,14,15);/q;+1. The predicted octanol–water partition coefficient (Wildman–Crippen LogP) is -1.45. The van der Waals surface area contributed by atoms with Crippen molar-refractivity contribution in [2.24, 2.45) is 0 Å². The number of nitro benzene ring substituents is 1. The molecule has 0 aliphatic carbocycles. The van der Waals surface area contributed by atoms with Crippen molar-refractivity contribution >= 4 is 24.4 Å². The van der Waals surface area contributed by atoms with E-state index in [2.05, 4.69) is 9.51 Å². The topological polar surface area (TPSA) is 126 Å². The molecule has 0 bridgehead atoms. The van der Waals surface area contributed by atoms with Crippen LogP contribution in [-0.2, 0) is 4.57 Å². The molecule has 0 aliphatic rings. The maximum atomic E-state index is 10.7. The average Bonchev–Trinajstić information content (AvgIpc) is 2.58. The number of H-pyrrole nitrogens is 1. The van der Waals surface area contributed by atoms with Crippen molar-refractivity contribution in [2.75, 3.05) is 0 Å². The Hall–Kier alpha value is -0.890. The molecule has 10 heteroatoms. The van der Waals surface area contributed by atoms with E-state index in [1.165, 1.54) is 24.4 Å². The van der Waals surface area contributed by atoms with Crippen molar-refractivity contribution in [3.63, 3.8) is 0 Å². The smallest absolute Gasteiger partial charge is 0.402 e. The Morgan fingerprint density at radius 1 is 1.39 bits per heavy atom. The Balaban J connectivity index is 0.00000162. The van der Waals surface area contributed by atoms with Crippen LogP contribution in [-0.4, -0.2) is 19.7 Å². The molecule has 0 spiro atoms. The van der Waals surface area contributed by atoms with Crippen LogP contribution < -0.4 is 34.1 Å². The third kappa shape index (κ3) is 3.32. The van der Waals surface area contributed by atoms with E-state index >= 15 is 0 Å². The average molecular weight is 281 g/mol. The van der Waals surface area contributed by atoms with E-state index in [0.29, 0.717) is 5.52 Å². The van der Waals surface area contributed by atoms with Crippen molar-refractivity contribution in [3.05, 3.63) is 34.5 Å². The summed E-state index contributed by atoms with van der Waals surface area (Å²) in [5.74, 6) is -0.128. The molecule has 8 nitrogen and oxygen atoms in total. The van der Waals surface area contributed by atoms with Gasteiger partial charge < -0.3 is 9.51 Å². The van der Waals surface area contributed by atoms with Gasteiger partial charge >= 0.3 is 37.4 Å². The number of nitro groups is 1. The van der Waals surface area contributed by atoms with Gasteiger partial charge in [-0.05, 0) is 6.07 Å². The number of aromatic amines is 1. The first-order valence-electron chi connectivity index (χ1n) is 4.37. The monoisotopic (exact) mass is 281 g/mol. The molecule has 90 valence electrons. The second-order valence-electron chi connectivity index (χ2n) is 3.22. The van der Waals surface area contributed by atoms with Gasteiger partial charge in [0.05, 0.1) is 4.92 Å². The molecular formula is C8H7N2NaO6P+. The van der Waals surface area contributed by atoms with E-state index in [0.717, 1.165) is 0 Å². The summed E-state index contributed by atoms with van der Waals surface area (Å²) in [6.07, 6.45) is 1.23. The second-order valence-corrected chi connectivity index (χ2v) is 4.39. The van der Waals surface area contributed by atoms with Gasteiger partial charge in [0.15, 0.2) is 5.75 Å². The maximum absolute atomic E-state index is 10.7. The van der Waals surface area contributed by atoms with Crippen LogP contribution in [0.2, 0.25) is 0 Å². The molecule has 0 saturated carbocycles. The van der Waals surface area contributed by atoms with Crippen molar-refractivity contribution in [3.8, 4) is 5.75 Å². The molecule has 0 saturated heterocycles. The van der Waals surface area contributed by atoms with Crippen molar-refractivity contribution in [1.82, 2.24) is 4.98 Å². The van der Waals surface area contributed by atoms with Crippen molar-refractivity contribution in [2.45, 2.75) is 0 Å². The third-order valence-electron chi connectivity index (χ3n) is 2.06. The number of hydrogen-bond donors (Lipinski definition) is 3. The van der Waals surface area contributed by atoms with Crippen LogP contribution in [0.15, 0.2) is 24.4 Å². The molecule has 1 heterocycles. The molecular weight excluding hydrogens is 274 g/mol. The Kier molecular flexibility index (Phi) is 4.55. The zero-order valence-electron chi connectivity index (χ0n) is 9.23. The molecule has 0 aliphatic heterocycles. The van der Waals surface area contributed by atoms with E-state index in [4.69, 9.17) is 9.79 Å². The third-order valence-corrected chi connectivity index (χ3v) is 2.49. The van der Waals surface area contributed by atoms with Crippen LogP contribution in [0.4, 0.5) is 5.69 Å². The Morgan fingerprint density at radius 2 is 2.06 bits per heavy atom. The number of hydrogen-bond acceptors (Lipinski definition) is 4. The second kappa shape index (κ2) is 5.40. The number of phosphoric acid groups is 1. The summed E-state index contributed by atoms with van der Waals surface area (Å²) in [7, 11) is -4.69. The summed E-state index contributed by atoms with van der Waals surface area (Å²) in [4.78, 5) is 30.0. The summed E-state index contributed by atoms with van der Waals surface area (Å²) >= 11 is 0. The van der Waals surface area contributed by atoms with Gasteiger partial charge in [-0.25, -0.2) is 4.57 Å². The van der Waals surface area contributed by atoms with E-state index in [-0.39, 0.29) is 46.4 Å². The number of phosphoric ester groups is 1. The molecule has 3 N–H and O–H groups in total. The SMILES string of the molecule is O=[N+]([O-])c1ccc2[nH]cc(OP(=O)(O)O)c2c1.[Na+]. The summed E-state index contributed by atoms with van der Waals surface area (Å²) in [6, 6.07) is 3.89. The van der Waals surface area contributed by atoms with Gasteiger partial charge in [0, 0.05) is 29.2 Å². The molecule has 0 atom stereocenters. The van der Waals surface area contributed by atoms with Gasteiger partial charge in [0.2, 0.25) is 0 Å². The molecule has 2 rings (SSSR count). The minimum absolute atomic E-state index is 0. The van der Waals surface area contributed by atoms with Gasteiger partial charge in [0.25, 0.3) is 5.69 Å². The fraction of sp³-hybridized carbons (Fsp3) is 0. The summed E-state index contributed by atoms with van der Waals surface area (Å²) in [6.45, 7) is 0. The van der Waals surface area contributed by atoms with Gasteiger partial charge in [-0.15, -0.1) is 0 Å². The molecule has 0 fully saturated rings. The predicted molar refractivity (Wildman–Crippen MR) is 57.6 cm³/mol. The van der Waals surface area contributed by atoms with Gasteiger partial charge in [-0.1, -0.05) is 0 Å². The molecule has 0 unspecified atom stereocenters. The fourth-order valence-electron chi connectivity index (χ4n) is 1.40. The molecule has 2 aromatic rings. The Morgan fingerprint density at radius 3 is 2.61 bits per heavy atom. The maximum Gasteiger partial charge on any atom is 1.00 e. The largest absolute Gasteiger partial charge is 1.00 e. The number of fused-ring (bicyclic) bond motifs is 1. The minimum Gasteiger partial charge on any atom is -0.402 e. The van der Waals surface area contributed by atoms with Gasteiger partial charge in [0.1, 0.15) is 0 Å². The van der Waals surface area contributed by atoms with E-state index in [9.17, 15) is 14.7 Å². The Labute approximate surface area is 123 Å². The van der Waals surface area contributed by atoms with Crippen LogP contribution in [0.5, 0.6) is 5.75 Å². The summed E-state index contributed by atoms with van der Waals surface area (Å²) in [5.41, 5.74) is 0.298. The van der Waals surface area contributed by atoms with Crippen molar-refractivity contribution < 1.29 is 53.4 Å². The quantitative estimate of drug-likeness (QED) is 0.273. The zero-order chi connectivity index (χ0) is 12.6.